The SMILES string of the molecule is O=C(NCCN1C(=O)SC(=Cc2cccnc2)C1=O)c1ccc(COCC(F)(F)F)cc1. The van der Waals surface area contributed by atoms with E-state index >= 15 is 0 Å². The Balaban J connectivity index is 1.47. The van der Waals surface area contributed by atoms with Crippen LogP contribution in [0.25, 0.3) is 6.08 Å². The third-order valence-electron chi connectivity index (χ3n) is 4.23. The van der Waals surface area contributed by atoms with Crippen LogP contribution in [-0.2, 0) is 16.1 Å². The van der Waals surface area contributed by atoms with Gasteiger partial charge in [0.1, 0.15) is 6.61 Å². The van der Waals surface area contributed by atoms with E-state index in [9.17, 15) is 27.6 Å². The van der Waals surface area contributed by atoms with Crippen LogP contribution < -0.4 is 5.32 Å². The Hall–Kier alpha value is -3.18. The van der Waals surface area contributed by atoms with Crippen LogP contribution in [0.5, 0.6) is 0 Å². The first kappa shape index (κ1) is 23.5. The first-order valence-electron chi connectivity index (χ1n) is 9.40. The van der Waals surface area contributed by atoms with Crippen molar-refractivity contribution < 1.29 is 32.3 Å². The van der Waals surface area contributed by atoms with Crippen LogP contribution in [0.15, 0.2) is 53.7 Å². The molecule has 0 radical (unpaired) electrons. The van der Waals surface area contributed by atoms with Gasteiger partial charge in [0, 0.05) is 31.0 Å². The molecular weight excluding hydrogens is 447 g/mol. The number of thioether (sulfide) groups is 1. The summed E-state index contributed by atoms with van der Waals surface area (Å²) < 4.78 is 40.9. The molecule has 168 valence electrons. The van der Waals surface area contributed by atoms with E-state index in [-0.39, 0.29) is 30.2 Å². The number of nitrogens with one attached hydrogen (secondary N) is 1. The molecule has 0 saturated carbocycles. The summed E-state index contributed by atoms with van der Waals surface area (Å²) in [5.41, 5.74) is 1.47. The van der Waals surface area contributed by atoms with Crippen molar-refractivity contribution in [1.82, 2.24) is 15.2 Å². The summed E-state index contributed by atoms with van der Waals surface area (Å²) in [5, 5.41) is 2.18. The maximum absolute atomic E-state index is 12.5. The van der Waals surface area contributed by atoms with E-state index in [1.165, 1.54) is 24.3 Å². The van der Waals surface area contributed by atoms with Crippen LogP contribution in [-0.4, -0.2) is 52.8 Å². The van der Waals surface area contributed by atoms with Gasteiger partial charge in [-0.25, -0.2) is 0 Å². The summed E-state index contributed by atoms with van der Waals surface area (Å²) in [7, 11) is 0. The summed E-state index contributed by atoms with van der Waals surface area (Å²) in [5.74, 6) is -0.882. The number of pyridine rings is 1. The average molecular weight is 465 g/mol. The zero-order chi connectivity index (χ0) is 23.1. The van der Waals surface area contributed by atoms with E-state index in [0.29, 0.717) is 11.1 Å². The molecule has 1 N–H and O–H groups in total. The molecule has 3 rings (SSSR count). The van der Waals surface area contributed by atoms with E-state index in [1.807, 2.05) is 0 Å². The van der Waals surface area contributed by atoms with Crippen molar-refractivity contribution >= 4 is 34.9 Å². The summed E-state index contributed by atoms with van der Waals surface area (Å²) in [4.78, 5) is 42.1. The van der Waals surface area contributed by atoms with Gasteiger partial charge in [-0.05, 0) is 47.2 Å². The normalized spacial score (nSPS) is 15.5. The van der Waals surface area contributed by atoms with Gasteiger partial charge >= 0.3 is 6.18 Å². The number of hydrogen-bond donors (Lipinski definition) is 1. The third kappa shape index (κ3) is 6.66. The molecule has 3 amide bonds. The van der Waals surface area contributed by atoms with Gasteiger partial charge in [-0.3, -0.25) is 24.3 Å². The van der Waals surface area contributed by atoms with E-state index in [1.54, 1.807) is 30.6 Å². The van der Waals surface area contributed by atoms with Crippen molar-refractivity contribution in [2.75, 3.05) is 19.7 Å². The van der Waals surface area contributed by atoms with Gasteiger partial charge in [0.2, 0.25) is 0 Å². The summed E-state index contributed by atoms with van der Waals surface area (Å²) in [6, 6.07) is 9.37. The highest BCUT2D eigenvalue weighted by molar-refractivity contribution is 8.18. The molecule has 1 fully saturated rings. The van der Waals surface area contributed by atoms with Crippen molar-refractivity contribution in [3.63, 3.8) is 0 Å². The van der Waals surface area contributed by atoms with Gasteiger partial charge in [0.25, 0.3) is 17.1 Å². The Labute approximate surface area is 185 Å². The molecule has 7 nitrogen and oxygen atoms in total. The fraction of sp³-hybridized carbons (Fsp3) is 0.238. The molecule has 1 aliphatic heterocycles. The summed E-state index contributed by atoms with van der Waals surface area (Å²) >= 11 is 0.817. The van der Waals surface area contributed by atoms with Gasteiger partial charge in [-0.2, -0.15) is 13.2 Å². The molecule has 32 heavy (non-hydrogen) atoms. The predicted molar refractivity (Wildman–Crippen MR) is 111 cm³/mol. The highest BCUT2D eigenvalue weighted by atomic mass is 32.2. The average Bonchev–Trinajstić information content (AvgIpc) is 3.01. The monoisotopic (exact) mass is 465 g/mol. The van der Waals surface area contributed by atoms with Crippen LogP contribution in [0.4, 0.5) is 18.0 Å². The standard InChI is InChI=1S/C21H18F3N3O4S/c22-21(23,24)13-31-12-14-3-5-16(6-4-14)18(28)26-8-9-27-19(29)17(32-20(27)30)10-15-2-1-7-25-11-15/h1-7,10-11H,8-9,12-13H2,(H,26,28). The summed E-state index contributed by atoms with van der Waals surface area (Å²) in [6.45, 7) is -1.52. The number of rotatable bonds is 8. The molecule has 0 aliphatic carbocycles. The summed E-state index contributed by atoms with van der Waals surface area (Å²) in [6.07, 6.45) is 0.352. The Morgan fingerprint density at radius 3 is 2.59 bits per heavy atom. The molecule has 1 saturated heterocycles. The maximum atomic E-state index is 12.5. The lowest BCUT2D eigenvalue weighted by molar-refractivity contribution is -0.176. The number of hydrogen-bond acceptors (Lipinski definition) is 6. The van der Waals surface area contributed by atoms with Crippen LogP contribution in [0.3, 0.4) is 0 Å². The highest BCUT2D eigenvalue weighted by Crippen LogP contribution is 2.31. The molecule has 2 heterocycles. The molecule has 1 aromatic carbocycles. The Bertz CT molecular complexity index is 1010. The highest BCUT2D eigenvalue weighted by Gasteiger charge is 2.34. The van der Waals surface area contributed by atoms with Gasteiger partial charge in [-0.15, -0.1) is 0 Å². The number of carbonyl (C=O) groups excluding carboxylic acids is 3. The molecular formula is C21H18F3N3O4S. The van der Waals surface area contributed by atoms with Crippen LogP contribution in [0.1, 0.15) is 21.5 Å². The van der Waals surface area contributed by atoms with Gasteiger partial charge in [0.15, 0.2) is 0 Å². The number of carbonyl (C=O) groups is 3. The zero-order valence-corrected chi connectivity index (χ0v) is 17.4. The van der Waals surface area contributed by atoms with Gasteiger partial charge in [0.05, 0.1) is 11.5 Å². The number of amides is 3. The lowest BCUT2D eigenvalue weighted by Gasteiger charge is -2.13. The van der Waals surface area contributed by atoms with Crippen molar-refractivity contribution in [3.8, 4) is 0 Å². The van der Waals surface area contributed by atoms with Crippen molar-refractivity contribution in [2.24, 2.45) is 0 Å². The fourth-order valence-corrected chi connectivity index (χ4v) is 3.59. The maximum Gasteiger partial charge on any atom is 0.411 e. The van der Waals surface area contributed by atoms with Crippen molar-refractivity contribution in [1.29, 1.82) is 0 Å². The lowest BCUT2D eigenvalue weighted by atomic mass is 10.1. The third-order valence-corrected chi connectivity index (χ3v) is 5.13. The number of benzene rings is 1. The smallest absolute Gasteiger partial charge is 0.367 e. The zero-order valence-electron chi connectivity index (χ0n) is 16.6. The van der Waals surface area contributed by atoms with E-state index in [4.69, 9.17) is 0 Å². The minimum Gasteiger partial charge on any atom is -0.367 e. The number of halogens is 3. The van der Waals surface area contributed by atoms with Gasteiger partial charge in [-0.1, -0.05) is 18.2 Å². The molecule has 1 aliphatic rings. The topological polar surface area (TPSA) is 88.6 Å². The molecule has 0 spiro atoms. The Morgan fingerprint density at radius 2 is 1.94 bits per heavy atom. The van der Waals surface area contributed by atoms with Crippen molar-refractivity contribution in [2.45, 2.75) is 12.8 Å². The number of alkyl halides is 3. The molecule has 0 unspecified atom stereocenters. The number of nitrogens with zero attached hydrogens (tertiary/aromatic N) is 2. The van der Waals surface area contributed by atoms with Crippen LogP contribution >= 0.6 is 11.8 Å². The van der Waals surface area contributed by atoms with E-state index in [0.717, 1.165) is 16.7 Å². The molecule has 0 atom stereocenters. The number of imide groups is 1. The molecule has 2 aromatic rings. The minimum absolute atomic E-state index is 0.00412. The second-order valence-corrected chi connectivity index (χ2v) is 7.67. The van der Waals surface area contributed by atoms with Crippen LogP contribution in [0.2, 0.25) is 0 Å². The van der Waals surface area contributed by atoms with E-state index < -0.39 is 29.8 Å². The molecule has 1 aromatic heterocycles. The lowest BCUT2D eigenvalue weighted by Crippen LogP contribution is -2.37. The van der Waals surface area contributed by atoms with Crippen molar-refractivity contribution in [3.05, 3.63) is 70.4 Å². The Morgan fingerprint density at radius 1 is 1.19 bits per heavy atom. The Kier molecular flexibility index (Phi) is 7.65. The second kappa shape index (κ2) is 10.4. The number of ether oxygens (including phenoxy) is 1. The molecule has 0 bridgehead atoms. The first-order valence-corrected chi connectivity index (χ1v) is 10.2. The van der Waals surface area contributed by atoms with Crippen LogP contribution in [0, 0.1) is 0 Å². The minimum atomic E-state index is -4.40. The number of aromatic nitrogens is 1. The molecule has 11 heteroatoms. The fourth-order valence-electron chi connectivity index (χ4n) is 2.73. The first-order chi connectivity index (χ1) is 15.2. The van der Waals surface area contributed by atoms with E-state index in [2.05, 4.69) is 15.0 Å². The van der Waals surface area contributed by atoms with Gasteiger partial charge < -0.3 is 10.1 Å². The second-order valence-electron chi connectivity index (χ2n) is 6.68. The quantitative estimate of drug-likeness (QED) is 0.599. The largest absolute Gasteiger partial charge is 0.411 e. The predicted octanol–water partition coefficient (Wildman–Crippen LogP) is 3.63.